The molecule has 6 nitrogen and oxygen atoms in total. The third kappa shape index (κ3) is 5.08. The number of aryl methyl sites for hydroxylation is 1. The van der Waals surface area contributed by atoms with Gasteiger partial charge in [-0.25, -0.2) is 9.97 Å². The molecule has 1 aliphatic rings. The van der Waals surface area contributed by atoms with Crippen LogP contribution in [0.15, 0.2) is 54.9 Å². The van der Waals surface area contributed by atoms with Gasteiger partial charge in [0, 0.05) is 57.1 Å². The molecular weight excluding hydrogens is 386 g/mol. The summed E-state index contributed by atoms with van der Waals surface area (Å²) in [5, 5.41) is 0. The van der Waals surface area contributed by atoms with Crippen molar-refractivity contribution in [2.24, 2.45) is 0 Å². The number of carbonyl (C=O) groups is 1. The predicted molar refractivity (Wildman–Crippen MR) is 123 cm³/mol. The van der Waals surface area contributed by atoms with Crippen LogP contribution >= 0.6 is 0 Å². The number of amides is 1. The van der Waals surface area contributed by atoms with E-state index in [1.54, 1.807) is 12.4 Å². The highest BCUT2D eigenvalue weighted by Crippen LogP contribution is 2.29. The Labute approximate surface area is 184 Å². The molecule has 1 amide bonds. The fraction of sp³-hybridized carbons (Fsp3) is 0.360. The van der Waals surface area contributed by atoms with Gasteiger partial charge in [-0.2, -0.15) is 0 Å². The average molecular weight is 416 g/mol. The Bertz CT molecular complexity index is 1030. The minimum absolute atomic E-state index is 0.183. The van der Waals surface area contributed by atoms with E-state index >= 15 is 0 Å². The molecule has 2 aromatic heterocycles. The molecule has 0 radical (unpaired) electrons. The summed E-state index contributed by atoms with van der Waals surface area (Å²) in [5.41, 5.74) is 4.16. The number of anilines is 1. The first-order valence-electron chi connectivity index (χ1n) is 10.8. The minimum Gasteiger partial charge on any atom is -0.363 e. The summed E-state index contributed by atoms with van der Waals surface area (Å²) < 4.78 is 0. The smallest absolute Gasteiger partial charge is 0.227 e. The van der Waals surface area contributed by atoms with Gasteiger partial charge in [-0.1, -0.05) is 29.8 Å². The van der Waals surface area contributed by atoms with Gasteiger partial charge in [0.2, 0.25) is 5.91 Å². The largest absolute Gasteiger partial charge is 0.363 e. The Hall–Kier alpha value is -3.28. The van der Waals surface area contributed by atoms with Crippen molar-refractivity contribution in [3.8, 4) is 11.4 Å². The second kappa shape index (κ2) is 9.25. The quantitative estimate of drug-likeness (QED) is 0.633. The first kappa shape index (κ1) is 21.0. The molecule has 31 heavy (non-hydrogen) atoms. The monoisotopic (exact) mass is 415 g/mol. The van der Waals surface area contributed by atoms with E-state index in [0.717, 1.165) is 42.0 Å². The fourth-order valence-electron chi connectivity index (χ4n) is 3.95. The van der Waals surface area contributed by atoms with E-state index < -0.39 is 0 Å². The Kier molecular flexibility index (Phi) is 6.26. The van der Waals surface area contributed by atoms with Gasteiger partial charge < -0.3 is 9.80 Å². The Morgan fingerprint density at radius 3 is 2.68 bits per heavy atom. The van der Waals surface area contributed by atoms with Gasteiger partial charge in [0.15, 0.2) is 5.82 Å². The Balaban J connectivity index is 1.55. The van der Waals surface area contributed by atoms with Crippen LogP contribution in [0.25, 0.3) is 11.4 Å². The highest BCUT2D eigenvalue weighted by molar-refractivity contribution is 5.79. The lowest BCUT2D eigenvalue weighted by Crippen LogP contribution is -2.40. The van der Waals surface area contributed by atoms with Crippen LogP contribution in [0.5, 0.6) is 0 Å². The number of pyridine rings is 1. The number of hydrogen-bond donors (Lipinski definition) is 0. The van der Waals surface area contributed by atoms with Gasteiger partial charge in [-0.3, -0.25) is 9.78 Å². The summed E-state index contributed by atoms with van der Waals surface area (Å²) in [4.78, 5) is 30.8. The van der Waals surface area contributed by atoms with E-state index in [-0.39, 0.29) is 11.8 Å². The summed E-state index contributed by atoms with van der Waals surface area (Å²) in [6, 6.07) is 14.1. The van der Waals surface area contributed by atoms with Crippen molar-refractivity contribution in [3.63, 3.8) is 0 Å². The standard InChI is InChI=1S/C25H29N5O/c1-18-8-10-19(11-9-18)14-24(31)30-13-5-7-21(17-30)22-15-23(29(2)3)28-25(27-22)20-6-4-12-26-16-20/h4,6,8-12,15-16,21H,5,7,13-14,17H2,1-3H3/t21-/m1/s1. The molecule has 0 spiro atoms. The number of likely N-dealkylation sites (tertiary alicyclic amines) is 1. The van der Waals surface area contributed by atoms with Gasteiger partial charge in [0.1, 0.15) is 5.82 Å². The molecule has 4 rings (SSSR count). The summed E-state index contributed by atoms with van der Waals surface area (Å²) in [6.45, 7) is 3.56. The number of rotatable bonds is 5. The number of piperidine rings is 1. The van der Waals surface area contributed by atoms with Crippen molar-refractivity contribution in [2.45, 2.75) is 32.1 Å². The van der Waals surface area contributed by atoms with E-state index in [0.29, 0.717) is 18.8 Å². The molecule has 160 valence electrons. The third-order valence-corrected chi connectivity index (χ3v) is 5.78. The maximum atomic E-state index is 13.0. The molecular formula is C25H29N5O. The highest BCUT2D eigenvalue weighted by atomic mass is 16.2. The van der Waals surface area contributed by atoms with Crippen LogP contribution in [0, 0.1) is 6.92 Å². The molecule has 1 fully saturated rings. The SMILES string of the molecule is Cc1ccc(CC(=O)N2CCC[C@@H](c3cc(N(C)C)nc(-c4cccnc4)n3)C2)cc1. The van der Waals surface area contributed by atoms with Gasteiger partial charge >= 0.3 is 0 Å². The van der Waals surface area contributed by atoms with Crippen LogP contribution in [0.3, 0.4) is 0 Å². The van der Waals surface area contributed by atoms with E-state index in [4.69, 9.17) is 9.97 Å². The van der Waals surface area contributed by atoms with Crippen LogP contribution in [0.4, 0.5) is 5.82 Å². The van der Waals surface area contributed by atoms with Crippen molar-refractivity contribution >= 4 is 11.7 Å². The van der Waals surface area contributed by atoms with Crippen LogP contribution in [0.1, 0.15) is 35.6 Å². The topological polar surface area (TPSA) is 62.2 Å². The summed E-state index contributed by atoms with van der Waals surface area (Å²) in [5.74, 6) is 1.93. The molecule has 0 saturated carbocycles. The number of hydrogen-bond acceptors (Lipinski definition) is 5. The molecule has 0 bridgehead atoms. The molecule has 0 N–H and O–H groups in total. The number of nitrogens with zero attached hydrogens (tertiary/aromatic N) is 5. The van der Waals surface area contributed by atoms with Crippen molar-refractivity contribution in [3.05, 3.63) is 71.7 Å². The van der Waals surface area contributed by atoms with Crippen LogP contribution in [-0.4, -0.2) is 52.9 Å². The normalized spacial score (nSPS) is 16.2. The maximum Gasteiger partial charge on any atom is 0.227 e. The van der Waals surface area contributed by atoms with Gasteiger partial charge in [-0.15, -0.1) is 0 Å². The fourth-order valence-corrected chi connectivity index (χ4v) is 3.95. The van der Waals surface area contributed by atoms with Crippen LogP contribution in [0.2, 0.25) is 0 Å². The van der Waals surface area contributed by atoms with Crippen molar-refractivity contribution in [1.29, 1.82) is 0 Å². The van der Waals surface area contributed by atoms with Gasteiger partial charge in [0.05, 0.1) is 12.1 Å². The van der Waals surface area contributed by atoms with Crippen molar-refractivity contribution in [2.75, 3.05) is 32.1 Å². The molecule has 1 atom stereocenters. The minimum atomic E-state index is 0.183. The van der Waals surface area contributed by atoms with E-state index in [2.05, 4.69) is 30.1 Å². The van der Waals surface area contributed by atoms with E-state index in [9.17, 15) is 4.79 Å². The highest BCUT2D eigenvalue weighted by Gasteiger charge is 2.26. The number of aromatic nitrogens is 3. The molecule has 3 heterocycles. The van der Waals surface area contributed by atoms with E-state index in [1.165, 1.54) is 5.56 Å². The number of benzene rings is 1. The first-order valence-corrected chi connectivity index (χ1v) is 10.8. The average Bonchev–Trinajstić information content (AvgIpc) is 2.81. The lowest BCUT2D eigenvalue weighted by molar-refractivity contribution is -0.131. The van der Waals surface area contributed by atoms with Crippen LogP contribution < -0.4 is 4.90 Å². The van der Waals surface area contributed by atoms with Gasteiger partial charge in [-0.05, 0) is 37.5 Å². The second-order valence-electron chi connectivity index (χ2n) is 8.45. The Morgan fingerprint density at radius 2 is 1.97 bits per heavy atom. The zero-order valence-electron chi connectivity index (χ0n) is 18.5. The predicted octanol–water partition coefficient (Wildman–Crippen LogP) is 3.86. The lowest BCUT2D eigenvalue weighted by Gasteiger charge is -2.33. The zero-order valence-corrected chi connectivity index (χ0v) is 18.5. The molecule has 1 saturated heterocycles. The summed E-state index contributed by atoms with van der Waals surface area (Å²) in [6.07, 6.45) is 5.98. The lowest BCUT2D eigenvalue weighted by atomic mass is 9.93. The summed E-state index contributed by atoms with van der Waals surface area (Å²) in [7, 11) is 3.97. The molecule has 0 unspecified atom stereocenters. The molecule has 6 heteroatoms. The maximum absolute atomic E-state index is 13.0. The third-order valence-electron chi connectivity index (χ3n) is 5.78. The van der Waals surface area contributed by atoms with E-state index in [1.807, 2.05) is 48.2 Å². The molecule has 3 aromatic rings. The van der Waals surface area contributed by atoms with Crippen molar-refractivity contribution in [1.82, 2.24) is 19.9 Å². The molecule has 1 aromatic carbocycles. The molecule has 0 aliphatic carbocycles. The first-order chi connectivity index (χ1) is 15.0. The van der Waals surface area contributed by atoms with Crippen molar-refractivity contribution < 1.29 is 4.79 Å². The van der Waals surface area contributed by atoms with Gasteiger partial charge in [0.25, 0.3) is 0 Å². The second-order valence-corrected chi connectivity index (χ2v) is 8.45. The Morgan fingerprint density at radius 1 is 1.16 bits per heavy atom. The van der Waals surface area contributed by atoms with Crippen LogP contribution in [-0.2, 0) is 11.2 Å². The summed E-state index contributed by atoms with van der Waals surface area (Å²) >= 11 is 0. The molecule has 1 aliphatic heterocycles. The zero-order chi connectivity index (χ0) is 21.8. The number of carbonyl (C=O) groups excluding carboxylic acids is 1.